The molecule has 0 aliphatic carbocycles. The van der Waals surface area contributed by atoms with Gasteiger partial charge in [-0.15, -0.1) is 0 Å². The zero-order chi connectivity index (χ0) is 15.3. The van der Waals surface area contributed by atoms with Crippen molar-refractivity contribution in [1.29, 1.82) is 0 Å². The van der Waals surface area contributed by atoms with Crippen LogP contribution in [0.15, 0.2) is 30.3 Å². The van der Waals surface area contributed by atoms with E-state index in [4.69, 9.17) is 16.6 Å². The first-order chi connectivity index (χ1) is 9.34. The summed E-state index contributed by atoms with van der Waals surface area (Å²) in [4.78, 5) is 35.3. The van der Waals surface area contributed by atoms with Gasteiger partial charge in [-0.25, -0.2) is 0 Å². The highest BCUT2D eigenvalue weighted by Crippen LogP contribution is 2.18. The van der Waals surface area contributed by atoms with Crippen LogP contribution in [0.1, 0.15) is 13.3 Å². The summed E-state index contributed by atoms with van der Waals surface area (Å²) < 4.78 is 0. The fraction of sp³-hybridized carbons (Fsp3) is 0.308. The number of carbonyl (C=O) groups is 3. The van der Waals surface area contributed by atoms with E-state index in [2.05, 4.69) is 0 Å². The maximum atomic E-state index is 12.3. The van der Waals surface area contributed by atoms with Gasteiger partial charge in [0.15, 0.2) is 0 Å². The summed E-state index contributed by atoms with van der Waals surface area (Å²) in [5, 5.41) is 8.69. The quantitative estimate of drug-likeness (QED) is 0.658. The molecule has 7 nitrogen and oxygen atoms in total. The maximum absolute atomic E-state index is 12.3. The fourth-order valence-corrected chi connectivity index (χ4v) is 1.71. The van der Waals surface area contributed by atoms with Crippen LogP contribution in [0, 0.1) is 0 Å². The minimum atomic E-state index is -1.24. The third kappa shape index (κ3) is 3.79. The molecule has 0 aliphatic rings. The lowest BCUT2D eigenvalue weighted by Gasteiger charge is -2.29. The molecule has 20 heavy (non-hydrogen) atoms. The summed E-state index contributed by atoms with van der Waals surface area (Å²) in [6.07, 6.45) is -0.520. The standard InChI is InChI=1S/C13H17N3O4/c1-8(12(15)19)16(9-5-3-2-4-6-9)13(20)10(14)7-11(17)18/h2-6,8,10H,7,14H2,1H3,(H2,15,19)(H,17,18)/t8-,10-/m0/s1. The molecule has 5 N–H and O–H groups in total. The number of anilines is 1. The number of hydrogen-bond donors (Lipinski definition) is 3. The number of aliphatic carboxylic acids is 1. The predicted molar refractivity (Wildman–Crippen MR) is 72.8 cm³/mol. The monoisotopic (exact) mass is 279 g/mol. The highest BCUT2D eigenvalue weighted by molar-refractivity contribution is 6.03. The topological polar surface area (TPSA) is 127 Å². The van der Waals surface area contributed by atoms with Crippen LogP contribution in [0.3, 0.4) is 0 Å². The second-order valence-corrected chi connectivity index (χ2v) is 4.33. The van der Waals surface area contributed by atoms with Crippen molar-refractivity contribution in [3.05, 3.63) is 30.3 Å². The first-order valence-corrected chi connectivity index (χ1v) is 5.99. The SMILES string of the molecule is C[C@@H](C(N)=O)N(C(=O)[C@@H](N)CC(=O)O)c1ccccc1. The third-order valence-electron chi connectivity index (χ3n) is 2.78. The molecule has 0 spiro atoms. The van der Waals surface area contributed by atoms with Gasteiger partial charge < -0.3 is 16.6 Å². The van der Waals surface area contributed by atoms with Gasteiger partial charge in [0.2, 0.25) is 11.8 Å². The molecule has 1 aromatic rings. The molecule has 2 atom stereocenters. The van der Waals surface area contributed by atoms with E-state index in [1.165, 1.54) is 6.92 Å². The van der Waals surface area contributed by atoms with Crippen LogP contribution in [0.4, 0.5) is 5.69 Å². The summed E-state index contributed by atoms with van der Waals surface area (Å²) in [6.45, 7) is 1.46. The van der Waals surface area contributed by atoms with Crippen LogP contribution in [-0.2, 0) is 14.4 Å². The van der Waals surface area contributed by atoms with Gasteiger partial charge in [-0.3, -0.25) is 19.3 Å². The molecule has 0 aliphatic heterocycles. The Kier molecular flexibility index (Phi) is 5.22. The molecule has 0 unspecified atom stereocenters. The Hall–Kier alpha value is -2.41. The lowest BCUT2D eigenvalue weighted by atomic mass is 10.1. The van der Waals surface area contributed by atoms with Gasteiger partial charge in [-0.2, -0.15) is 0 Å². The number of carboxylic acids is 1. The first-order valence-electron chi connectivity index (χ1n) is 5.99. The summed E-state index contributed by atoms with van der Waals surface area (Å²) in [7, 11) is 0. The zero-order valence-electron chi connectivity index (χ0n) is 11.0. The molecular weight excluding hydrogens is 262 g/mol. The van der Waals surface area contributed by atoms with Crippen molar-refractivity contribution >= 4 is 23.5 Å². The summed E-state index contributed by atoms with van der Waals surface area (Å²) in [5.74, 6) is -2.56. The van der Waals surface area contributed by atoms with Gasteiger partial charge in [0, 0.05) is 5.69 Å². The Balaban J connectivity index is 3.08. The number of nitrogens with zero attached hydrogens (tertiary/aromatic N) is 1. The molecule has 0 fully saturated rings. The smallest absolute Gasteiger partial charge is 0.305 e. The van der Waals surface area contributed by atoms with Crippen molar-refractivity contribution in [2.75, 3.05) is 4.90 Å². The molecular formula is C13H17N3O4. The van der Waals surface area contributed by atoms with Crippen molar-refractivity contribution in [3.63, 3.8) is 0 Å². The van der Waals surface area contributed by atoms with E-state index in [0.29, 0.717) is 5.69 Å². The number of amides is 2. The average Bonchev–Trinajstić information content (AvgIpc) is 2.39. The van der Waals surface area contributed by atoms with Crippen molar-refractivity contribution in [1.82, 2.24) is 0 Å². The molecule has 0 heterocycles. The lowest BCUT2D eigenvalue weighted by molar-refractivity contribution is -0.139. The normalized spacial score (nSPS) is 13.3. The van der Waals surface area contributed by atoms with Crippen LogP contribution < -0.4 is 16.4 Å². The van der Waals surface area contributed by atoms with E-state index in [9.17, 15) is 14.4 Å². The molecule has 2 amide bonds. The molecule has 0 radical (unpaired) electrons. The highest BCUT2D eigenvalue weighted by Gasteiger charge is 2.30. The molecule has 0 bridgehead atoms. The third-order valence-corrected chi connectivity index (χ3v) is 2.78. The average molecular weight is 279 g/mol. The fourth-order valence-electron chi connectivity index (χ4n) is 1.71. The van der Waals surface area contributed by atoms with Crippen molar-refractivity contribution in [3.8, 4) is 0 Å². The van der Waals surface area contributed by atoms with E-state index >= 15 is 0 Å². The summed E-state index contributed by atoms with van der Waals surface area (Å²) in [6, 6.07) is 6.19. The van der Waals surface area contributed by atoms with E-state index in [1.807, 2.05) is 0 Å². The Morgan fingerprint density at radius 2 is 1.80 bits per heavy atom. The van der Waals surface area contributed by atoms with Gasteiger partial charge in [-0.05, 0) is 19.1 Å². The van der Waals surface area contributed by atoms with Crippen LogP contribution in [0.25, 0.3) is 0 Å². The Bertz CT molecular complexity index is 504. The second kappa shape index (κ2) is 6.67. The van der Waals surface area contributed by atoms with Gasteiger partial charge in [0.05, 0.1) is 12.5 Å². The number of hydrogen-bond acceptors (Lipinski definition) is 4. The van der Waals surface area contributed by atoms with Crippen LogP contribution in [-0.4, -0.2) is 35.0 Å². The maximum Gasteiger partial charge on any atom is 0.305 e. The lowest BCUT2D eigenvalue weighted by Crippen LogP contribution is -2.52. The van der Waals surface area contributed by atoms with E-state index in [0.717, 1.165) is 4.90 Å². The first kappa shape index (κ1) is 15.6. The van der Waals surface area contributed by atoms with Crippen LogP contribution in [0.5, 0.6) is 0 Å². The molecule has 0 aromatic heterocycles. The summed E-state index contributed by atoms with van der Waals surface area (Å²) in [5.41, 5.74) is 11.2. The number of para-hydroxylation sites is 1. The van der Waals surface area contributed by atoms with E-state index in [1.54, 1.807) is 30.3 Å². The largest absolute Gasteiger partial charge is 0.481 e. The minimum absolute atomic E-state index is 0.435. The Labute approximate surface area is 116 Å². The number of rotatable bonds is 6. The zero-order valence-corrected chi connectivity index (χ0v) is 11.0. The second-order valence-electron chi connectivity index (χ2n) is 4.33. The van der Waals surface area contributed by atoms with E-state index in [-0.39, 0.29) is 0 Å². The Morgan fingerprint density at radius 3 is 2.25 bits per heavy atom. The highest BCUT2D eigenvalue weighted by atomic mass is 16.4. The summed E-state index contributed by atoms with van der Waals surface area (Å²) >= 11 is 0. The molecule has 0 saturated carbocycles. The predicted octanol–water partition coefficient (Wildman–Crippen LogP) is -0.305. The molecule has 1 aromatic carbocycles. The molecule has 1 rings (SSSR count). The molecule has 0 saturated heterocycles. The van der Waals surface area contributed by atoms with Crippen molar-refractivity contribution in [2.45, 2.75) is 25.4 Å². The van der Waals surface area contributed by atoms with Gasteiger partial charge in [0.25, 0.3) is 0 Å². The number of carbonyl (C=O) groups excluding carboxylic acids is 2. The van der Waals surface area contributed by atoms with Crippen LogP contribution in [0.2, 0.25) is 0 Å². The van der Waals surface area contributed by atoms with E-state index < -0.39 is 36.3 Å². The van der Waals surface area contributed by atoms with Crippen LogP contribution >= 0.6 is 0 Å². The molecule has 7 heteroatoms. The number of benzene rings is 1. The van der Waals surface area contributed by atoms with Crippen molar-refractivity contribution < 1.29 is 19.5 Å². The number of nitrogens with two attached hydrogens (primary N) is 2. The minimum Gasteiger partial charge on any atom is -0.481 e. The molecule has 108 valence electrons. The van der Waals surface area contributed by atoms with Crippen molar-refractivity contribution in [2.24, 2.45) is 11.5 Å². The number of primary amides is 1. The number of carboxylic acid groups (broad SMARTS) is 1. The van der Waals surface area contributed by atoms with Gasteiger partial charge >= 0.3 is 5.97 Å². The van der Waals surface area contributed by atoms with Gasteiger partial charge in [-0.1, -0.05) is 18.2 Å². The Morgan fingerprint density at radius 1 is 1.25 bits per heavy atom. The van der Waals surface area contributed by atoms with Gasteiger partial charge in [0.1, 0.15) is 6.04 Å².